The molecule has 2 heterocycles. The van der Waals surface area contributed by atoms with Crippen molar-refractivity contribution < 1.29 is 13.9 Å². The van der Waals surface area contributed by atoms with Crippen molar-refractivity contribution in [1.29, 1.82) is 0 Å². The quantitative estimate of drug-likeness (QED) is 0.642. The van der Waals surface area contributed by atoms with Crippen LogP contribution in [0, 0.1) is 12.7 Å². The van der Waals surface area contributed by atoms with Gasteiger partial charge in [-0.1, -0.05) is 18.2 Å². The monoisotopic (exact) mass is 408 g/mol. The van der Waals surface area contributed by atoms with Crippen molar-refractivity contribution in [3.05, 3.63) is 65.6 Å². The Balaban J connectivity index is 1.37. The molecule has 1 saturated heterocycles. The van der Waals surface area contributed by atoms with Crippen LogP contribution >= 0.6 is 0 Å². The number of carbonyl (C=O) groups excluding carboxylic acids is 1. The summed E-state index contributed by atoms with van der Waals surface area (Å²) in [6.07, 6.45) is 1.69. The molecule has 0 aliphatic carbocycles. The minimum atomic E-state index is -0.322. The van der Waals surface area contributed by atoms with Crippen molar-refractivity contribution in [2.24, 2.45) is 0 Å². The molecular weight excluding hydrogens is 383 g/mol. The van der Waals surface area contributed by atoms with Crippen molar-refractivity contribution in [2.75, 3.05) is 25.5 Å². The Morgan fingerprint density at radius 1 is 1.20 bits per heavy atom. The molecule has 30 heavy (non-hydrogen) atoms. The number of ether oxygens (including phenoxy) is 1. The number of H-pyrrole nitrogens is 1. The molecule has 0 unspecified atom stereocenters. The highest BCUT2D eigenvalue weighted by atomic mass is 19.1. The molecule has 1 aliphatic rings. The first-order chi connectivity index (χ1) is 14.5. The molecule has 156 valence electrons. The first-order valence-corrected chi connectivity index (χ1v) is 10.1. The molecule has 7 heteroatoms. The lowest BCUT2D eigenvalue weighted by molar-refractivity contribution is 0.194. The van der Waals surface area contributed by atoms with Crippen LogP contribution in [0.2, 0.25) is 0 Å². The van der Waals surface area contributed by atoms with Crippen LogP contribution in [0.1, 0.15) is 30.0 Å². The third-order valence-corrected chi connectivity index (χ3v) is 5.69. The Hall–Kier alpha value is -3.35. The molecule has 4 rings (SSSR count). The fourth-order valence-corrected chi connectivity index (χ4v) is 3.81. The predicted molar refractivity (Wildman–Crippen MR) is 114 cm³/mol. The van der Waals surface area contributed by atoms with Gasteiger partial charge in [0, 0.05) is 41.5 Å². The summed E-state index contributed by atoms with van der Waals surface area (Å²) in [7, 11) is 1.65. The topological polar surface area (TPSA) is 70.2 Å². The third-order valence-electron chi connectivity index (χ3n) is 5.69. The number of aromatic amines is 1. The van der Waals surface area contributed by atoms with Crippen LogP contribution in [-0.4, -0.2) is 41.3 Å². The normalized spacial score (nSPS) is 14.6. The van der Waals surface area contributed by atoms with Gasteiger partial charge in [-0.05, 0) is 50.1 Å². The number of anilines is 1. The third kappa shape index (κ3) is 4.15. The van der Waals surface area contributed by atoms with Crippen molar-refractivity contribution in [3.8, 4) is 17.0 Å². The standard InChI is InChI=1S/C23H25FN4O2/c1-15-19(24)7-4-8-20(15)25-23(29)28-11-9-16(10-12-28)21-14-22(27-26-21)17-5-3-6-18(13-17)30-2/h3-8,13-14,16H,9-12H2,1-2H3,(H,25,29)(H,26,27). The van der Waals surface area contributed by atoms with E-state index in [-0.39, 0.29) is 11.8 Å². The summed E-state index contributed by atoms with van der Waals surface area (Å²) in [4.78, 5) is 14.4. The van der Waals surface area contributed by atoms with Gasteiger partial charge in [-0.25, -0.2) is 9.18 Å². The minimum Gasteiger partial charge on any atom is -0.497 e. The number of amides is 2. The number of hydrogen-bond acceptors (Lipinski definition) is 3. The van der Waals surface area contributed by atoms with Crippen LogP contribution in [0.15, 0.2) is 48.5 Å². The SMILES string of the molecule is COc1cccc(-c2cc(C3CCN(C(=O)Nc4cccc(F)c4C)CC3)[nH]n2)c1. The van der Waals surface area contributed by atoms with Gasteiger partial charge in [0.05, 0.1) is 12.8 Å². The number of nitrogens with zero attached hydrogens (tertiary/aromatic N) is 2. The average Bonchev–Trinajstić information content (AvgIpc) is 3.27. The Morgan fingerprint density at radius 3 is 2.73 bits per heavy atom. The van der Waals surface area contributed by atoms with E-state index in [0.29, 0.717) is 30.3 Å². The lowest BCUT2D eigenvalue weighted by atomic mass is 9.93. The molecule has 0 atom stereocenters. The maximum Gasteiger partial charge on any atom is 0.321 e. The van der Waals surface area contributed by atoms with E-state index >= 15 is 0 Å². The molecule has 2 amide bonds. The van der Waals surface area contributed by atoms with Gasteiger partial charge in [0.15, 0.2) is 0 Å². The number of methoxy groups -OCH3 is 1. The molecule has 1 aromatic heterocycles. The van der Waals surface area contributed by atoms with E-state index in [1.54, 1.807) is 31.1 Å². The number of aromatic nitrogens is 2. The molecule has 0 spiro atoms. The summed E-state index contributed by atoms with van der Waals surface area (Å²) in [6.45, 7) is 2.94. The molecule has 0 radical (unpaired) electrons. The number of halogens is 1. The smallest absolute Gasteiger partial charge is 0.321 e. The van der Waals surface area contributed by atoms with Crippen molar-refractivity contribution in [1.82, 2.24) is 15.1 Å². The number of likely N-dealkylation sites (tertiary alicyclic amines) is 1. The van der Waals surface area contributed by atoms with E-state index in [0.717, 1.165) is 35.5 Å². The van der Waals surface area contributed by atoms with Crippen LogP contribution in [0.4, 0.5) is 14.9 Å². The molecule has 1 aliphatic heterocycles. The van der Waals surface area contributed by atoms with Gasteiger partial charge < -0.3 is 15.0 Å². The summed E-state index contributed by atoms with van der Waals surface area (Å²) >= 11 is 0. The lowest BCUT2D eigenvalue weighted by Crippen LogP contribution is -2.40. The molecule has 2 aromatic carbocycles. The van der Waals surface area contributed by atoms with Gasteiger partial charge in [-0.3, -0.25) is 5.10 Å². The molecule has 0 saturated carbocycles. The molecule has 3 aromatic rings. The second kappa shape index (κ2) is 8.57. The zero-order valence-corrected chi connectivity index (χ0v) is 17.1. The lowest BCUT2D eigenvalue weighted by Gasteiger charge is -2.31. The van der Waals surface area contributed by atoms with Gasteiger partial charge in [0.25, 0.3) is 0 Å². The molecule has 1 fully saturated rings. The zero-order valence-electron chi connectivity index (χ0n) is 17.1. The summed E-state index contributed by atoms with van der Waals surface area (Å²) in [6, 6.07) is 14.4. The van der Waals surface area contributed by atoms with Crippen molar-refractivity contribution in [3.63, 3.8) is 0 Å². The van der Waals surface area contributed by atoms with Crippen LogP contribution in [0.25, 0.3) is 11.3 Å². The number of piperidine rings is 1. The second-order valence-corrected chi connectivity index (χ2v) is 7.54. The fraction of sp³-hybridized carbons (Fsp3) is 0.304. The van der Waals surface area contributed by atoms with Crippen LogP contribution in [0.3, 0.4) is 0 Å². The van der Waals surface area contributed by atoms with E-state index in [1.165, 1.54) is 6.07 Å². The highest BCUT2D eigenvalue weighted by Crippen LogP contribution is 2.30. The van der Waals surface area contributed by atoms with Crippen LogP contribution in [-0.2, 0) is 0 Å². The highest BCUT2D eigenvalue weighted by molar-refractivity contribution is 5.90. The number of carbonyl (C=O) groups is 1. The number of benzene rings is 2. The van der Waals surface area contributed by atoms with Crippen molar-refractivity contribution in [2.45, 2.75) is 25.7 Å². The van der Waals surface area contributed by atoms with Gasteiger partial charge in [-0.15, -0.1) is 0 Å². The maximum absolute atomic E-state index is 13.7. The maximum atomic E-state index is 13.7. The van der Waals surface area contributed by atoms with E-state index < -0.39 is 0 Å². The fourth-order valence-electron chi connectivity index (χ4n) is 3.81. The summed E-state index contributed by atoms with van der Waals surface area (Å²) in [5, 5.41) is 10.4. The zero-order chi connectivity index (χ0) is 21.1. The molecular formula is C23H25FN4O2. The Labute approximate surface area is 175 Å². The van der Waals surface area contributed by atoms with Gasteiger partial charge in [0.1, 0.15) is 11.6 Å². The average molecular weight is 408 g/mol. The van der Waals surface area contributed by atoms with Crippen molar-refractivity contribution >= 4 is 11.7 Å². The molecule has 0 bridgehead atoms. The predicted octanol–water partition coefficient (Wildman–Crippen LogP) is 4.94. The Kier molecular flexibility index (Phi) is 5.70. The summed E-state index contributed by atoms with van der Waals surface area (Å²) in [5.41, 5.74) is 3.92. The van der Waals surface area contributed by atoms with E-state index in [1.807, 2.05) is 24.3 Å². The Bertz CT molecular complexity index is 1040. The van der Waals surface area contributed by atoms with Crippen LogP contribution < -0.4 is 10.1 Å². The first kappa shape index (κ1) is 19.9. The van der Waals surface area contributed by atoms with Gasteiger partial charge in [-0.2, -0.15) is 5.10 Å². The Morgan fingerprint density at radius 2 is 1.97 bits per heavy atom. The molecule has 2 N–H and O–H groups in total. The minimum absolute atomic E-state index is 0.191. The highest BCUT2D eigenvalue weighted by Gasteiger charge is 2.25. The number of hydrogen-bond donors (Lipinski definition) is 2. The van der Waals surface area contributed by atoms with Gasteiger partial charge >= 0.3 is 6.03 Å². The number of urea groups is 1. The number of rotatable bonds is 4. The molecule has 6 nitrogen and oxygen atoms in total. The summed E-state index contributed by atoms with van der Waals surface area (Å²) < 4.78 is 19.0. The number of nitrogens with one attached hydrogen (secondary N) is 2. The largest absolute Gasteiger partial charge is 0.497 e. The van der Waals surface area contributed by atoms with E-state index in [9.17, 15) is 9.18 Å². The summed E-state index contributed by atoms with van der Waals surface area (Å²) in [5.74, 6) is 0.791. The van der Waals surface area contributed by atoms with Crippen LogP contribution in [0.5, 0.6) is 5.75 Å². The van der Waals surface area contributed by atoms with E-state index in [2.05, 4.69) is 21.6 Å². The first-order valence-electron chi connectivity index (χ1n) is 10.1. The second-order valence-electron chi connectivity index (χ2n) is 7.54. The van der Waals surface area contributed by atoms with E-state index in [4.69, 9.17) is 4.74 Å². The van der Waals surface area contributed by atoms with Gasteiger partial charge in [0.2, 0.25) is 0 Å².